The fourth-order valence-corrected chi connectivity index (χ4v) is 2.46. The molecule has 120 valence electrons. The molecule has 1 atom stereocenters. The second kappa shape index (κ2) is 7.79. The molecule has 0 heterocycles. The molecule has 0 saturated carbocycles. The lowest BCUT2D eigenvalue weighted by Crippen LogP contribution is -2.30. The fraction of sp³-hybridized carbons (Fsp3) is 0.222. The van der Waals surface area contributed by atoms with Gasteiger partial charge in [-0.1, -0.05) is 47.5 Å². The maximum Gasteiger partial charge on any atom is 0.307 e. The van der Waals surface area contributed by atoms with Gasteiger partial charge in [0.05, 0.1) is 19.6 Å². The average molecular weight is 332 g/mol. The first kappa shape index (κ1) is 17.0. The van der Waals surface area contributed by atoms with E-state index in [1.165, 1.54) is 7.11 Å². The Balaban J connectivity index is 2.24. The van der Waals surface area contributed by atoms with Crippen molar-refractivity contribution in [2.75, 3.05) is 7.11 Å². The quantitative estimate of drug-likeness (QED) is 0.850. The van der Waals surface area contributed by atoms with Crippen LogP contribution in [0, 0.1) is 6.92 Å². The molecule has 0 radical (unpaired) electrons. The van der Waals surface area contributed by atoms with E-state index in [4.69, 9.17) is 16.3 Å². The van der Waals surface area contributed by atoms with Gasteiger partial charge in [-0.3, -0.25) is 9.59 Å². The van der Waals surface area contributed by atoms with E-state index < -0.39 is 12.0 Å². The van der Waals surface area contributed by atoms with Gasteiger partial charge in [0.15, 0.2) is 0 Å². The highest BCUT2D eigenvalue weighted by molar-refractivity contribution is 6.31. The Morgan fingerprint density at radius 1 is 1.13 bits per heavy atom. The molecular formula is C18H18ClNO3. The van der Waals surface area contributed by atoms with Gasteiger partial charge in [0.25, 0.3) is 5.91 Å². The van der Waals surface area contributed by atoms with Gasteiger partial charge in [0.2, 0.25) is 0 Å². The Kier molecular flexibility index (Phi) is 5.77. The number of halogens is 1. The van der Waals surface area contributed by atoms with Crippen LogP contribution in [0.15, 0.2) is 48.5 Å². The van der Waals surface area contributed by atoms with Crippen LogP contribution in [0.2, 0.25) is 5.02 Å². The summed E-state index contributed by atoms with van der Waals surface area (Å²) in [5, 5.41) is 3.34. The van der Waals surface area contributed by atoms with Gasteiger partial charge in [-0.15, -0.1) is 0 Å². The number of aryl methyl sites for hydroxylation is 1. The summed E-state index contributed by atoms with van der Waals surface area (Å²) in [4.78, 5) is 24.1. The number of benzene rings is 2. The van der Waals surface area contributed by atoms with Gasteiger partial charge in [0, 0.05) is 10.6 Å². The summed E-state index contributed by atoms with van der Waals surface area (Å²) >= 11 is 6.19. The summed E-state index contributed by atoms with van der Waals surface area (Å²) in [6.45, 7) is 1.95. The zero-order valence-corrected chi connectivity index (χ0v) is 13.8. The predicted molar refractivity (Wildman–Crippen MR) is 89.5 cm³/mol. The lowest BCUT2D eigenvalue weighted by atomic mass is 10.0. The molecular weight excluding hydrogens is 314 g/mol. The van der Waals surface area contributed by atoms with E-state index in [1.54, 1.807) is 30.3 Å². The second-order valence-corrected chi connectivity index (χ2v) is 5.60. The highest BCUT2D eigenvalue weighted by Gasteiger charge is 2.21. The van der Waals surface area contributed by atoms with Gasteiger partial charge in [-0.05, 0) is 30.7 Å². The molecule has 0 aliphatic heterocycles. The summed E-state index contributed by atoms with van der Waals surface area (Å²) in [5.41, 5.74) is 2.27. The summed E-state index contributed by atoms with van der Waals surface area (Å²) in [7, 11) is 1.31. The Morgan fingerprint density at radius 2 is 1.78 bits per heavy atom. The monoisotopic (exact) mass is 331 g/mol. The number of carbonyl (C=O) groups excluding carboxylic acids is 2. The maximum absolute atomic E-state index is 12.4. The minimum absolute atomic E-state index is 0.0117. The lowest BCUT2D eigenvalue weighted by Gasteiger charge is -2.19. The molecule has 5 heteroatoms. The lowest BCUT2D eigenvalue weighted by molar-refractivity contribution is -0.141. The van der Waals surface area contributed by atoms with Gasteiger partial charge >= 0.3 is 5.97 Å². The molecule has 1 N–H and O–H groups in total. The van der Waals surface area contributed by atoms with Gasteiger partial charge in [-0.2, -0.15) is 0 Å². The predicted octanol–water partition coefficient (Wildman–Crippen LogP) is 3.68. The summed E-state index contributed by atoms with van der Waals surface area (Å²) in [6, 6.07) is 13.8. The average Bonchev–Trinajstić information content (AvgIpc) is 2.55. The Bertz CT molecular complexity index is 698. The van der Waals surface area contributed by atoms with E-state index in [9.17, 15) is 9.59 Å². The van der Waals surface area contributed by atoms with Crippen LogP contribution in [-0.4, -0.2) is 19.0 Å². The number of nitrogens with one attached hydrogen (secondary N) is 1. The number of hydrogen-bond acceptors (Lipinski definition) is 3. The van der Waals surface area contributed by atoms with Gasteiger partial charge < -0.3 is 10.1 Å². The zero-order chi connectivity index (χ0) is 16.8. The summed E-state index contributed by atoms with van der Waals surface area (Å²) < 4.78 is 4.71. The van der Waals surface area contributed by atoms with Crippen molar-refractivity contribution in [3.63, 3.8) is 0 Å². The third kappa shape index (κ3) is 4.57. The van der Waals surface area contributed by atoms with Crippen molar-refractivity contribution < 1.29 is 14.3 Å². The number of carbonyl (C=O) groups is 2. The first-order valence-electron chi connectivity index (χ1n) is 7.20. The number of methoxy groups -OCH3 is 1. The number of amides is 1. The minimum atomic E-state index is -0.551. The van der Waals surface area contributed by atoms with Crippen molar-refractivity contribution in [2.45, 2.75) is 19.4 Å². The summed E-state index contributed by atoms with van der Waals surface area (Å²) in [5.74, 6) is -0.682. The number of rotatable bonds is 5. The van der Waals surface area contributed by atoms with E-state index in [-0.39, 0.29) is 12.3 Å². The third-order valence-corrected chi connectivity index (χ3v) is 3.84. The highest BCUT2D eigenvalue weighted by Crippen LogP contribution is 2.25. The van der Waals surface area contributed by atoms with Crippen LogP contribution in [0.25, 0.3) is 0 Å². The highest BCUT2D eigenvalue weighted by atomic mass is 35.5. The maximum atomic E-state index is 12.4. The molecule has 0 spiro atoms. The van der Waals surface area contributed by atoms with Crippen LogP contribution in [0.1, 0.15) is 33.9 Å². The van der Waals surface area contributed by atoms with Crippen LogP contribution in [-0.2, 0) is 9.53 Å². The molecule has 2 aromatic carbocycles. The van der Waals surface area contributed by atoms with Crippen LogP contribution in [0.5, 0.6) is 0 Å². The molecule has 0 saturated heterocycles. The Morgan fingerprint density at radius 3 is 2.39 bits per heavy atom. The molecule has 1 amide bonds. The smallest absolute Gasteiger partial charge is 0.307 e. The van der Waals surface area contributed by atoms with Crippen molar-refractivity contribution in [1.29, 1.82) is 0 Å². The molecule has 0 aliphatic rings. The first-order chi connectivity index (χ1) is 11.0. The van der Waals surface area contributed by atoms with Crippen molar-refractivity contribution in [1.82, 2.24) is 5.32 Å². The van der Waals surface area contributed by atoms with Crippen LogP contribution in [0.4, 0.5) is 0 Å². The van der Waals surface area contributed by atoms with E-state index in [0.29, 0.717) is 16.1 Å². The number of hydrogen-bond donors (Lipinski definition) is 1. The molecule has 2 rings (SSSR count). The topological polar surface area (TPSA) is 55.4 Å². The fourth-order valence-electron chi connectivity index (χ4n) is 2.19. The summed E-state index contributed by atoms with van der Waals surface area (Å²) in [6.07, 6.45) is 0.0117. The van der Waals surface area contributed by atoms with E-state index in [2.05, 4.69) is 5.32 Å². The largest absolute Gasteiger partial charge is 0.469 e. The third-order valence-electron chi connectivity index (χ3n) is 3.50. The van der Waals surface area contributed by atoms with Crippen molar-refractivity contribution in [3.05, 3.63) is 70.2 Å². The molecule has 0 fully saturated rings. The second-order valence-electron chi connectivity index (χ2n) is 5.19. The van der Waals surface area contributed by atoms with Crippen LogP contribution >= 0.6 is 11.6 Å². The SMILES string of the molecule is COC(=O)CC(NC(=O)c1ccc(C)cc1)c1ccccc1Cl. The molecule has 23 heavy (non-hydrogen) atoms. The first-order valence-corrected chi connectivity index (χ1v) is 7.58. The van der Waals surface area contributed by atoms with E-state index >= 15 is 0 Å². The van der Waals surface area contributed by atoms with E-state index in [0.717, 1.165) is 5.56 Å². The molecule has 0 aromatic heterocycles. The molecule has 2 aromatic rings. The Labute approximate surface area is 140 Å². The van der Waals surface area contributed by atoms with Gasteiger partial charge in [0.1, 0.15) is 0 Å². The number of esters is 1. The van der Waals surface area contributed by atoms with Crippen molar-refractivity contribution in [3.8, 4) is 0 Å². The van der Waals surface area contributed by atoms with Crippen molar-refractivity contribution in [2.24, 2.45) is 0 Å². The Hall–Kier alpha value is -2.33. The molecule has 0 bridgehead atoms. The van der Waals surface area contributed by atoms with Crippen molar-refractivity contribution >= 4 is 23.5 Å². The van der Waals surface area contributed by atoms with Crippen LogP contribution < -0.4 is 5.32 Å². The zero-order valence-electron chi connectivity index (χ0n) is 13.0. The number of ether oxygens (including phenoxy) is 1. The standard InChI is InChI=1S/C18H18ClNO3/c1-12-7-9-13(10-8-12)18(22)20-16(11-17(21)23-2)14-5-3-4-6-15(14)19/h3-10,16H,11H2,1-2H3,(H,20,22). The van der Waals surface area contributed by atoms with Crippen LogP contribution in [0.3, 0.4) is 0 Å². The van der Waals surface area contributed by atoms with E-state index in [1.807, 2.05) is 25.1 Å². The molecule has 1 unspecified atom stereocenters. The normalized spacial score (nSPS) is 11.6. The molecule has 4 nitrogen and oxygen atoms in total. The minimum Gasteiger partial charge on any atom is -0.469 e. The van der Waals surface area contributed by atoms with Gasteiger partial charge in [-0.25, -0.2) is 0 Å². The molecule has 0 aliphatic carbocycles.